The van der Waals surface area contributed by atoms with Crippen molar-refractivity contribution in [1.29, 1.82) is 0 Å². The van der Waals surface area contributed by atoms with Gasteiger partial charge in [0.05, 0.1) is 13.5 Å². The Morgan fingerprint density at radius 3 is 2.37 bits per heavy atom. The fourth-order valence-corrected chi connectivity index (χ4v) is 2.62. The van der Waals surface area contributed by atoms with Crippen molar-refractivity contribution < 1.29 is 14.3 Å². The Hall–Kier alpha value is -1.36. The highest BCUT2D eigenvalue weighted by atomic mass is 16.5. The van der Waals surface area contributed by atoms with Crippen LogP contribution in [0.2, 0.25) is 0 Å². The highest BCUT2D eigenvalue weighted by Crippen LogP contribution is 2.21. The van der Waals surface area contributed by atoms with Gasteiger partial charge >= 0.3 is 5.97 Å². The van der Waals surface area contributed by atoms with Gasteiger partial charge in [0.25, 0.3) is 0 Å². The minimum absolute atomic E-state index is 0.168. The van der Waals surface area contributed by atoms with E-state index in [2.05, 4.69) is 21.8 Å². The average Bonchev–Trinajstić information content (AvgIpc) is 2.98. The molecule has 0 saturated carbocycles. The fraction of sp³-hybridized carbons (Fsp3) is 0.714. The molecule has 2 rings (SSSR count). The van der Waals surface area contributed by atoms with Crippen molar-refractivity contribution in [3.63, 3.8) is 0 Å². The van der Waals surface area contributed by atoms with Crippen LogP contribution in [0.4, 0.5) is 0 Å². The molecule has 5 heteroatoms. The third kappa shape index (κ3) is 3.80. The van der Waals surface area contributed by atoms with Gasteiger partial charge in [-0.3, -0.25) is 14.5 Å². The lowest BCUT2D eigenvalue weighted by atomic mass is 10.1. The number of allylic oxidation sites excluding steroid dienone is 2. The van der Waals surface area contributed by atoms with Gasteiger partial charge in [-0.1, -0.05) is 12.2 Å². The number of hydrogen-bond donors (Lipinski definition) is 0. The molecule has 0 N–H and O–H groups in total. The Morgan fingerprint density at radius 2 is 1.79 bits per heavy atom. The molecule has 0 unspecified atom stereocenters. The number of carbonyl (C=O) groups excluding carboxylic acids is 2. The summed E-state index contributed by atoms with van der Waals surface area (Å²) in [6.07, 6.45) is 6.39. The number of hydrogen-bond acceptors (Lipinski definition) is 4. The van der Waals surface area contributed by atoms with Crippen LogP contribution >= 0.6 is 0 Å². The van der Waals surface area contributed by atoms with Gasteiger partial charge in [0.1, 0.15) is 0 Å². The minimum atomic E-state index is -0.171. The van der Waals surface area contributed by atoms with E-state index >= 15 is 0 Å². The number of rotatable bonds is 4. The van der Waals surface area contributed by atoms with Gasteiger partial charge in [-0.15, -0.1) is 0 Å². The zero-order chi connectivity index (χ0) is 13.7. The lowest BCUT2D eigenvalue weighted by molar-refractivity contribution is -0.142. The first-order valence-electron chi connectivity index (χ1n) is 6.93. The molecule has 0 aromatic heterocycles. The van der Waals surface area contributed by atoms with Crippen LogP contribution in [-0.2, 0) is 14.3 Å². The Bertz CT molecular complexity index is 352. The number of amides is 1. The molecule has 0 atom stereocenters. The Morgan fingerprint density at radius 1 is 1.16 bits per heavy atom. The molecule has 0 aromatic carbocycles. The van der Waals surface area contributed by atoms with Gasteiger partial charge in [0, 0.05) is 38.6 Å². The monoisotopic (exact) mass is 266 g/mol. The third-order valence-corrected chi connectivity index (χ3v) is 3.90. The van der Waals surface area contributed by atoms with E-state index in [1.165, 1.54) is 7.11 Å². The predicted molar refractivity (Wildman–Crippen MR) is 71.5 cm³/mol. The number of carbonyl (C=O) groups is 2. The molecule has 1 aliphatic heterocycles. The molecule has 0 aromatic rings. The quantitative estimate of drug-likeness (QED) is 0.554. The molecule has 1 fully saturated rings. The maximum atomic E-state index is 12.2. The molecule has 0 radical (unpaired) electrons. The molecule has 19 heavy (non-hydrogen) atoms. The summed E-state index contributed by atoms with van der Waals surface area (Å²) < 4.78 is 4.63. The number of piperazine rings is 1. The molecular formula is C14H22N2O3. The van der Waals surface area contributed by atoms with Crippen LogP contribution in [0, 0.1) is 5.92 Å². The van der Waals surface area contributed by atoms with Crippen LogP contribution in [0.5, 0.6) is 0 Å². The first-order chi connectivity index (χ1) is 9.20. The second kappa shape index (κ2) is 6.70. The van der Waals surface area contributed by atoms with E-state index in [4.69, 9.17) is 0 Å². The minimum Gasteiger partial charge on any atom is -0.469 e. The van der Waals surface area contributed by atoms with Crippen molar-refractivity contribution in [3.8, 4) is 0 Å². The summed E-state index contributed by atoms with van der Waals surface area (Å²) in [6, 6.07) is 0. The van der Waals surface area contributed by atoms with Gasteiger partial charge in [-0.05, 0) is 12.8 Å². The zero-order valence-electron chi connectivity index (χ0n) is 11.5. The van der Waals surface area contributed by atoms with E-state index in [1.54, 1.807) is 0 Å². The lowest BCUT2D eigenvalue weighted by Crippen LogP contribution is -2.50. The van der Waals surface area contributed by atoms with Gasteiger partial charge in [0.2, 0.25) is 5.91 Å². The molecule has 1 saturated heterocycles. The zero-order valence-corrected chi connectivity index (χ0v) is 11.5. The van der Waals surface area contributed by atoms with Crippen LogP contribution in [0.3, 0.4) is 0 Å². The highest BCUT2D eigenvalue weighted by molar-refractivity contribution is 5.79. The number of ether oxygens (including phenoxy) is 1. The maximum absolute atomic E-state index is 12.2. The van der Waals surface area contributed by atoms with Crippen molar-refractivity contribution in [1.82, 2.24) is 9.80 Å². The van der Waals surface area contributed by atoms with Gasteiger partial charge in [-0.25, -0.2) is 0 Å². The number of esters is 1. The van der Waals surface area contributed by atoms with E-state index in [1.807, 2.05) is 4.90 Å². The second-order valence-electron chi connectivity index (χ2n) is 5.13. The van der Waals surface area contributed by atoms with Gasteiger partial charge in [0.15, 0.2) is 0 Å². The van der Waals surface area contributed by atoms with E-state index in [0.29, 0.717) is 6.42 Å². The summed E-state index contributed by atoms with van der Waals surface area (Å²) in [4.78, 5) is 27.5. The Kier molecular flexibility index (Phi) is 4.96. The molecule has 5 nitrogen and oxygen atoms in total. The van der Waals surface area contributed by atoms with Crippen LogP contribution < -0.4 is 0 Å². The van der Waals surface area contributed by atoms with Crippen LogP contribution in [0.15, 0.2) is 12.2 Å². The molecule has 0 bridgehead atoms. The molecule has 2 aliphatic rings. The summed E-state index contributed by atoms with van der Waals surface area (Å²) in [5.74, 6) is 0.287. The fourth-order valence-electron chi connectivity index (χ4n) is 2.62. The smallest absolute Gasteiger partial charge is 0.306 e. The normalized spacial score (nSPS) is 20.8. The standard InChI is InChI=1S/C14H22N2O3/c1-19-13(17)6-7-15-8-10-16(11-9-15)14(18)12-4-2-3-5-12/h2-3,12H,4-11H2,1H3. The van der Waals surface area contributed by atoms with E-state index in [9.17, 15) is 9.59 Å². The first-order valence-corrected chi connectivity index (χ1v) is 6.93. The van der Waals surface area contributed by atoms with Crippen molar-refractivity contribution in [2.75, 3.05) is 39.8 Å². The summed E-state index contributed by atoms with van der Waals surface area (Å²) >= 11 is 0. The maximum Gasteiger partial charge on any atom is 0.306 e. The van der Waals surface area contributed by atoms with Crippen LogP contribution in [-0.4, -0.2) is 61.5 Å². The first kappa shape index (κ1) is 14.1. The molecule has 1 amide bonds. The topological polar surface area (TPSA) is 49.9 Å². The summed E-state index contributed by atoms with van der Waals surface area (Å²) in [5.41, 5.74) is 0. The van der Waals surface area contributed by atoms with E-state index in [-0.39, 0.29) is 17.8 Å². The van der Waals surface area contributed by atoms with Crippen molar-refractivity contribution >= 4 is 11.9 Å². The molecule has 0 spiro atoms. The van der Waals surface area contributed by atoms with Crippen LogP contribution in [0.1, 0.15) is 19.3 Å². The van der Waals surface area contributed by atoms with Gasteiger partial charge < -0.3 is 9.64 Å². The predicted octanol–water partition coefficient (Wildman–Crippen LogP) is 0.660. The van der Waals surface area contributed by atoms with Crippen molar-refractivity contribution in [3.05, 3.63) is 12.2 Å². The molecular weight excluding hydrogens is 244 g/mol. The average molecular weight is 266 g/mol. The number of nitrogens with zero attached hydrogens (tertiary/aromatic N) is 2. The van der Waals surface area contributed by atoms with Crippen molar-refractivity contribution in [2.24, 2.45) is 5.92 Å². The van der Waals surface area contributed by atoms with Crippen LogP contribution in [0.25, 0.3) is 0 Å². The number of methoxy groups -OCH3 is 1. The second-order valence-corrected chi connectivity index (χ2v) is 5.13. The SMILES string of the molecule is COC(=O)CCN1CCN(C(=O)C2CC=CC2)CC1. The Labute approximate surface area is 114 Å². The van der Waals surface area contributed by atoms with Crippen molar-refractivity contribution in [2.45, 2.75) is 19.3 Å². The summed E-state index contributed by atoms with van der Waals surface area (Å²) in [5, 5.41) is 0. The summed E-state index contributed by atoms with van der Waals surface area (Å²) in [7, 11) is 1.41. The largest absolute Gasteiger partial charge is 0.469 e. The van der Waals surface area contributed by atoms with Gasteiger partial charge in [-0.2, -0.15) is 0 Å². The Balaban J connectivity index is 1.70. The summed E-state index contributed by atoms with van der Waals surface area (Å²) in [6.45, 7) is 3.97. The highest BCUT2D eigenvalue weighted by Gasteiger charge is 2.27. The van der Waals surface area contributed by atoms with E-state index in [0.717, 1.165) is 45.6 Å². The van der Waals surface area contributed by atoms with E-state index < -0.39 is 0 Å². The molecule has 1 aliphatic carbocycles. The molecule has 1 heterocycles. The molecule has 106 valence electrons. The lowest BCUT2D eigenvalue weighted by Gasteiger charge is -2.35. The third-order valence-electron chi connectivity index (χ3n) is 3.90.